The molecule has 1 atom stereocenters. The van der Waals surface area contributed by atoms with Gasteiger partial charge in [-0.1, -0.05) is 18.2 Å². The first-order chi connectivity index (χ1) is 13.4. The summed E-state index contributed by atoms with van der Waals surface area (Å²) in [6, 6.07) is 14.9. The van der Waals surface area contributed by atoms with Gasteiger partial charge in [-0.3, -0.25) is 14.4 Å². The standard InChI is InChI=1S/C22H25N3O3/c1-4-24(20-8-6-5-7-15(20)2)22(28)17-13-21(27)25(14-17)19-11-9-18(10-12-19)23-16(3)26/h5-12,17H,4,13-14H2,1-3H3,(H,23,26). The topological polar surface area (TPSA) is 69.7 Å². The van der Waals surface area contributed by atoms with Crippen molar-refractivity contribution in [1.29, 1.82) is 0 Å². The quantitative estimate of drug-likeness (QED) is 0.866. The Morgan fingerprint density at radius 2 is 1.82 bits per heavy atom. The summed E-state index contributed by atoms with van der Waals surface area (Å²) in [5, 5.41) is 2.70. The predicted octanol–water partition coefficient (Wildman–Crippen LogP) is 3.36. The van der Waals surface area contributed by atoms with Gasteiger partial charge in [-0.05, 0) is 49.7 Å². The fourth-order valence-electron chi connectivity index (χ4n) is 3.58. The van der Waals surface area contributed by atoms with E-state index < -0.39 is 0 Å². The zero-order chi connectivity index (χ0) is 20.3. The van der Waals surface area contributed by atoms with Crippen molar-refractivity contribution in [2.75, 3.05) is 28.2 Å². The van der Waals surface area contributed by atoms with E-state index in [1.54, 1.807) is 34.1 Å². The third-order valence-electron chi connectivity index (χ3n) is 4.96. The Morgan fingerprint density at radius 1 is 1.14 bits per heavy atom. The van der Waals surface area contributed by atoms with Crippen LogP contribution >= 0.6 is 0 Å². The first-order valence-electron chi connectivity index (χ1n) is 9.45. The van der Waals surface area contributed by atoms with E-state index in [9.17, 15) is 14.4 Å². The largest absolute Gasteiger partial charge is 0.326 e. The third kappa shape index (κ3) is 4.06. The second-order valence-electron chi connectivity index (χ2n) is 7.00. The average Bonchev–Trinajstić information content (AvgIpc) is 3.05. The maximum Gasteiger partial charge on any atom is 0.232 e. The molecule has 6 heteroatoms. The molecule has 2 aromatic rings. The van der Waals surface area contributed by atoms with Gasteiger partial charge in [0.15, 0.2) is 0 Å². The van der Waals surface area contributed by atoms with Gasteiger partial charge in [-0.15, -0.1) is 0 Å². The van der Waals surface area contributed by atoms with Crippen molar-refractivity contribution >= 4 is 34.8 Å². The number of anilines is 3. The smallest absolute Gasteiger partial charge is 0.232 e. The zero-order valence-corrected chi connectivity index (χ0v) is 16.4. The number of nitrogens with one attached hydrogen (secondary N) is 1. The van der Waals surface area contributed by atoms with E-state index in [1.165, 1.54) is 6.92 Å². The molecule has 1 aliphatic rings. The lowest BCUT2D eigenvalue weighted by Gasteiger charge is -2.26. The minimum atomic E-state index is -0.373. The highest BCUT2D eigenvalue weighted by atomic mass is 16.2. The van der Waals surface area contributed by atoms with Crippen molar-refractivity contribution in [3.8, 4) is 0 Å². The number of nitrogens with zero attached hydrogens (tertiary/aromatic N) is 2. The number of aryl methyl sites for hydroxylation is 1. The van der Waals surface area contributed by atoms with E-state index in [0.29, 0.717) is 18.8 Å². The molecule has 28 heavy (non-hydrogen) atoms. The Balaban J connectivity index is 1.75. The number of carbonyl (C=O) groups is 3. The Kier molecular flexibility index (Phi) is 5.78. The SMILES string of the molecule is CCN(C(=O)C1CC(=O)N(c2ccc(NC(C)=O)cc2)C1)c1ccccc1C. The molecule has 1 heterocycles. The van der Waals surface area contributed by atoms with Crippen LogP contribution in [-0.2, 0) is 14.4 Å². The van der Waals surface area contributed by atoms with Crippen molar-refractivity contribution in [2.45, 2.75) is 27.2 Å². The summed E-state index contributed by atoms with van der Waals surface area (Å²) in [6.07, 6.45) is 0.203. The highest BCUT2D eigenvalue weighted by Crippen LogP contribution is 2.29. The molecule has 0 radical (unpaired) electrons. The zero-order valence-electron chi connectivity index (χ0n) is 16.4. The van der Waals surface area contributed by atoms with Gasteiger partial charge in [0.25, 0.3) is 0 Å². The summed E-state index contributed by atoms with van der Waals surface area (Å²) in [7, 11) is 0. The molecule has 6 nitrogen and oxygen atoms in total. The van der Waals surface area contributed by atoms with Gasteiger partial charge in [0.2, 0.25) is 17.7 Å². The molecule has 1 unspecified atom stereocenters. The predicted molar refractivity (Wildman–Crippen MR) is 110 cm³/mol. The lowest BCUT2D eigenvalue weighted by atomic mass is 10.1. The molecule has 1 saturated heterocycles. The van der Waals surface area contributed by atoms with Crippen LogP contribution in [0.5, 0.6) is 0 Å². The number of benzene rings is 2. The Morgan fingerprint density at radius 3 is 2.43 bits per heavy atom. The normalized spacial score (nSPS) is 16.2. The Hall–Kier alpha value is -3.15. The lowest BCUT2D eigenvalue weighted by Crippen LogP contribution is -2.37. The molecular weight excluding hydrogens is 354 g/mol. The van der Waals surface area contributed by atoms with Gasteiger partial charge in [-0.25, -0.2) is 0 Å². The molecule has 1 aliphatic heterocycles. The third-order valence-corrected chi connectivity index (χ3v) is 4.96. The van der Waals surface area contributed by atoms with E-state index in [4.69, 9.17) is 0 Å². The van der Waals surface area contributed by atoms with Crippen LogP contribution in [0.2, 0.25) is 0 Å². The van der Waals surface area contributed by atoms with Crippen molar-refractivity contribution in [1.82, 2.24) is 0 Å². The number of rotatable bonds is 5. The minimum absolute atomic E-state index is 0.0254. The molecule has 1 fully saturated rings. The molecule has 0 saturated carbocycles. The molecule has 0 aliphatic carbocycles. The lowest BCUT2D eigenvalue weighted by molar-refractivity contribution is -0.124. The molecule has 0 spiro atoms. The number of para-hydroxylation sites is 1. The fraction of sp³-hybridized carbons (Fsp3) is 0.318. The highest BCUT2D eigenvalue weighted by molar-refractivity contribution is 6.04. The maximum atomic E-state index is 13.1. The van der Waals surface area contributed by atoms with Crippen LogP contribution in [0, 0.1) is 12.8 Å². The van der Waals surface area contributed by atoms with Gasteiger partial charge in [-0.2, -0.15) is 0 Å². The van der Waals surface area contributed by atoms with Gasteiger partial charge in [0.1, 0.15) is 0 Å². The summed E-state index contributed by atoms with van der Waals surface area (Å²) >= 11 is 0. The fourth-order valence-corrected chi connectivity index (χ4v) is 3.58. The van der Waals surface area contributed by atoms with Crippen molar-refractivity contribution in [3.05, 3.63) is 54.1 Å². The molecule has 0 aromatic heterocycles. The minimum Gasteiger partial charge on any atom is -0.326 e. The van der Waals surface area contributed by atoms with Crippen molar-refractivity contribution < 1.29 is 14.4 Å². The van der Waals surface area contributed by atoms with E-state index in [2.05, 4.69) is 5.32 Å². The first kappa shape index (κ1) is 19.6. The van der Waals surface area contributed by atoms with E-state index in [0.717, 1.165) is 16.9 Å². The van der Waals surface area contributed by atoms with Crippen LogP contribution in [0.15, 0.2) is 48.5 Å². The van der Waals surface area contributed by atoms with E-state index >= 15 is 0 Å². The Bertz CT molecular complexity index is 892. The van der Waals surface area contributed by atoms with Crippen LogP contribution in [-0.4, -0.2) is 30.8 Å². The summed E-state index contributed by atoms with van der Waals surface area (Å²) in [5.74, 6) is -0.609. The number of hydrogen-bond donors (Lipinski definition) is 1. The molecule has 1 N–H and O–H groups in total. The van der Waals surface area contributed by atoms with E-state index in [1.807, 2.05) is 38.1 Å². The summed E-state index contributed by atoms with van der Waals surface area (Å²) < 4.78 is 0. The maximum absolute atomic E-state index is 13.1. The van der Waals surface area contributed by atoms with E-state index in [-0.39, 0.29) is 30.1 Å². The molecule has 3 rings (SSSR count). The van der Waals surface area contributed by atoms with Crippen LogP contribution in [0.4, 0.5) is 17.1 Å². The molecule has 146 valence electrons. The van der Waals surface area contributed by atoms with Gasteiger partial charge in [0, 0.05) is 43.5 Å². The van der Waals surface area contributed by atoms with Gasteiger partial charge < -0.3 is 15.1 Å². The Labute approximate surface area is 165 Å². The summed E-state index contributed by atoms with van der Waals surface area (Å²) in [5.41, 5.74) is 3.33. The van der Waals surface area contributed by atoms with Crippen LogP contribution in [0.1, 0.15) is 25.8 Å². The first-order valence-corrected chi connectivity index (χ1v) is 9.45. The second-order valence-corrected chi connectivity index (χ2v) is 7.00. The average molecular weight is 379 g/mol. The summed E-state index contributed by atoms with van der Waals surface area (Å²) in [6.45, 7) is 6.29. The molecule has 3 amide bonds. The monoisotopic (exact) mass is 379 g/mol. The van der Waals surface area contributed by atoms with Crippen molar-refractivity contribution in [3.63, 3.8) is 0 Å². The number of hydrogen-bond acceptors (Lipinski definition) is 3. The van der Waals surface area contributed by atoms with Crippen LogP contribution < -0.4 is 15.1 Å². The molecule has 0 bridgehead atoms. The van der Waals surface area contributed by atoms with Crippen LogP contribution in [0.25, 0.3) is 0 Å². The van der Waals surface area contributed by atoms with Crippen molar-refractivity contribution in [2.24, 2.45) is 5.92 Å². The van der Waals surface area contributed by atoms with Crippen LogP contribution in [0.3, 0.4) is 0 Å². The second kappa shape index (κ2) is 8.25. The van der Waals surface area contributed by atoms with Gasteiger partial charge >= 0.3 is 0 Å². The number of carbonyl (C=O) groups excluding carboxylic acids is 3. The number of amides is 3. The molecule has 2 aromatic carbocycles. The van der Waals surface area contributed by atoms with Gasteiger partial charge in [0.05, 0.1) is 5.92 Å². The molecular formula is C22H25N3O3. The highest BCUT2D eigenvalue weighted by Gasteiger charge is 2.37. The summed E-state index contributed by atoms with van der Waals surface area (Å²) in [4.78, 5) is 40.2.